The first-order valence-electron chi connectivity index (χ1n) is 19.1. The molecule has 4 N–H and O–H groups in total. The molecule has 3 heterocycles. The number of benzene rings is 3. The fourth-order valence-corrected chi connectivity index (χ4v) is 13.7. The van der Waals surface area contributed by atoms with Gasteiger partial charge in [-0.15, -0.1) is 0 Å². The molecule has 0 unspecified atom stereocenters. The summed E-state index contributed by atoms with van der Waals surface area (Å²) in [4.78, 5) is 55.7. The average Bonchev–Trinajstić information content (AvgIpc) is 3.71. The van der Waals surface area contributed by atoms with Crippen LogP contribution in [-0.4, -0.2) is 77.6 Å². The predicted molar refractivity (Wildman–Crippen MR) is 211 cm³/mol. The lowest BCUT2D eigenvalue weighted by Crippen LogP contribution is -3.00. The first kappa shape index (κ1) is 40.4. The predicted octanol–water partition coefficient (Wildman–Crippen LogP) is 1.71. The number of amides is 2. The van der Waals surface area contributed by atoms with Crippen LogP contribution in [0.3, 0.4) is 0 Å². The number of hydrogen-bond acceptors (Lipinski definition) is 8. The topological polar surface area (TPSA) is 145 Å². The Morgan fingerprint density at radius 3 is 1.82 bits per heavy atom. The van der Waals surface area contributed by atoms with Gasteiger partial charge in [-0.25, -0.2) is 4.79 Å². The van der Waals surface area contributed by atoms with Crippen LogP contribution < -0.4 is 44.4 Å². The van der Waals surface area contributed by atoms with Gasteiger partial charge < -0.3 is 47.7 Å². The van der Waals surface area contributed by atoms with E-state index in [1.54, 1.807) is 4.90 Å². The van der Waals surface area contributed by atoms with Crippen molar-refractivity contribution < 1.29 is 45.6 Å². The first-order valence-corrected chi connectivity index (χ1v) is 21.1. The zero-order valence-electron chi connectivity index (χ0n) is 31.5. The molecule has 2 amide bonds. The molecule has 290 valence electrons. The normalized spacial score (nSPS) is 22.6. The molecule has 0 radical (unpaired) electrons. The van der Waals surface area contributed by atoms with Crippen molar-refractivity contribution in [3.8, 4) is 0 Å². The quantitative estimate of drug-likeness (QED) is 0.0962. The number of carbonyl (C=O) groups is 4. The number of nitrogens with zero attached hydrogens (tertiary/aromatic N) is 2. The van der Waals surface area contributed by atoms with E-state index in [-0.39, 0.29) is 63.9 Å². The third-order valence-electron chi connectivity index (χ3n) is 12.0. The van der Waals surface area contributed by atoms with Crippen molar-refractivity contribution in [2.24, 2.45) is 17.4 Å². The molecule has 7 rings (SSSR count). The van der Waals surface area contributed by atoms with Gasteiger partial charge in [0.15, 0.2) is 5.72 Å². The summed E-state index contributed by atoms with van der Waals surface area (Å²) in [7, 11) is -0.316. The summed E-state index contributed by atoms with van der Waals surface area (Å²) >= 11 is 0. The van der Waals surface area contributed by atoms with Gasteiger partial charge in [-0.1, -0.05) is 80.3 Å². The second kappa shape index (κ2) is 16.8. The van der Waals surface area contributed by atoms with Crippen LogP contribution in [0.2, 0.25) is 0 Å². The van der Waals surface area contributed by atoms with Crippen LogP contribution in [0.25, 0.3) is 0 Å². The Morgan fingerprint density at radius 2 is 1.31 bits per heavy atom. The fourth-order valence-electron chi connectivity index (χ4n) is 9.34. The molecule has 2 saturated heterocycles. The highest BCUT2D eigenvalue weighted by atomic mass is 79.9. The molecule has 0 saturated carbocycles. The van der Waals surface area contributed by atoms with Crippen molar-refractivity contribution in [2.45, 2.75) is 76.1 Å². The molecule has 0 bridgehead atoms. The summed E-state index contributed by atoms with van der Waals surface area (Å²) in [5.74, 6) is -1.64. The van der Waals surface area contributed by atoms with Crippen LogP contribution >= 0.6 is 7.26 Å². The van der Waals surface area contributed by atoms with Gasteiger partial charge in [0.2, 0.25) is 17.5 Å². The van der Waals surface area contributed by atoms with Crippen molar-refractivity contribution in [2.75, 3.05) is 26.4 Å². The molecule has 55 heavy (non-hydrogen) atoms. The number of primary amides is 1. The number of rotatable bonds is 16. The van der Waals surface area contributed by atoms with Gasteiger partial charge >= 0.3 is 6.09 Å². The minimum Gasteiger partial charge on any atom is -1.00 e. The van der Waals surface area contributed by atoms with Crippen molar-refractivity contribution in [1.29, 1.82) is 0 Å². The zero-order valence-corrected chi connectivity index (χ0v) is 34.0. The Morgan fingerprint density at radius 1 is 0.800 bits per heavy atom. The molecule has 0 spiro atoms. The number of allylic oxidation sites excluding steroid dienone is 2. The van der Waals surface area contributed by atoms with Gasteiger partial charge in [0.05, 0.1) is 29.5 Å². The lowest BCUT2D eigenvalue weighted by atomic mass is 9.82. The molecular weight excluding hydrogens is 779 g/mol. The summed E-state index contributed by atoms with van der Waals surface area (Å²) in [5.41, 5.74) is 10.6. The van der Waals surface area contributed by atoms with Gasteiger partial charge in [-0.05, 0) is 62.6 Å². The molecule has 2 fully saturated rings. The molecule has 1 aliphatic carbocycles. The smallest absolute Gasteiger partial charge is 0.404 e. The molecule has 0 aromatic heterocycles. The van der Waals surface area contributed by atoms with Crippen LogP contribution in [-0.2, 0) is 23.9 Å². The Balaban J connectivity index is 0.00000514. The second-order valence-corrected chi connectivity index (χ2v) is 18.4. The van der Waals surface area contributed by atoms with Gasteiger partial charge in [-0.2, -0.15) is 0 Å². The molecule has 3 aliphatic heterocycles. The van der Waals surface area contributed by atoms with E-state index >= 15 is 0 Å². The number of methoxy groups -OCH3 is 1. The standard InChI is InChI=1S/C43H49N4O6P.BrH/c1-29-37(44)40(50)36-33(28-53-42(45)51)43(52-2)41-34(27-46(43)38(36)39(29)49)47(41)35(48)25-17-6-4-3-5-7-18-26-54(30-19-11-8-12-20-30,31-21-13-9-14-22-31)32-23-15-10-16-24-32;/h8-16,19-24,33-34,41H,3-7,17-18,25-28H2,1-2H3,(H3-,44,45,49,51);1H/t33-,34+,41+,43-,47?;/m1./s1. The SMILES string of the molecule is CO[C@@]12[C@H](COC(N)=O)C3=C(C(=O)C(C)=C(N)C3=O)N1C[C@H]1[C@@H]2N1C(=O)CCCCCCCCC[P+](c1ccccc1)(c1ccccc1)c1ccccc1.[Br-]. The minimum atomic E-state index is -1.81. The van der Waals surface area contributed by atoms with Crippen molar-refractivity contribution >= 4 is 46.7 Å². The highest BCUT2D eigenvalue weighted by Gasteiger charge is 2.77. The highest BCUT2D eigenvalue weighted by molar-refractivity contribution is 7.95. The summed E-state index contributed by atoms with van der Waals surface area (Å²) in [6.07, 6.45) is 7.90. The molecular formula is C43H50BrN4O6P. The number of halogens is 1. The van der Waals surface area contributed by atoms with Crippen LogP contribution in [0.1, 0.15) is 58.3 Å². The largest absolute Gasteiger partial charge is 1.00 e. The Hall–Kier alpha value is -4.31. The van der Waals surface area contributed by atoms with E-state index in [1.807, 2.05) is 4.90 Å². The summed E-state index contributed by atoms with van der Waals surface area (Å²) in [5, 5.41) is 4.26. The zero-order chi connectivity index (χ0) is 38.0. The average molecular weight is 830 g/mol. The van der Waals surface area contributed by atoms with E-state index in [4.69, 9.17) is 20.9 Å². The fraction of sp³-hybridized carbons (Fsp3) is 0.395. The molecule has 4 atom stereocenters. The van der Waals surface area contributed by atoms with E-state index < -0.39 is 36.8 Å². The van der Waals surface area contributed by atoms with Crippen molar-refractivity contribution in [3.63, 3.8) is 0 Å². The Bertz CT molecular complexity index is 1880. The van der Waals surface area contributed by atoms with E-state index in [0.29, 0.717) is 13.0 Å². The molecule has 12 heteroatoms. The molecule has 3 aromatic rings. The second-order valence-electron chi connectivity index (χ2n) is 14.8. The first-order chi connectivity index (χ1) is 26.2. The molecule has 4 aliphatic rings. The van der Waals surface area contributed by atoms with Crippen LogP contribution in [0, 0.1) is 5.92 Å². The lowest BCUT2D eigenvalue weighted by molar-refractivity contribution is -0.153. The van der Waals surface area contributed by atoms with E-state index in [0.717, 1.165) is 51.1 Å². The number of piperazine rings is 1. The summed E-state index contributed by atoms with van der Waals surface area (Å²) in [6, 6.07) is 32.5. The number of fused-ring (bicyclic) bond motifs is 4. The summed E-state index contributed by atoms with van der Waals surface area (Å²) < 4.78 is 11.3. The number of nitrogens with two attached hydrogens (primary N) is 2. The molecule has 3 aromatic carbocycles. The van der Waals surface area contributed by atoms with Crippen LogP contribution in [0.15, 0.2) is 114 Å². The summed E-state index contributed by atoms with van der Waals surface area (Å²) in [6.45, 7) is 1.59. The lowest BCUT2D eigenvalue weighted by Gasteiger charge is -2.41. The minimum absolute atomic E-state index is 0. The molecule has 10 nitrogen and oxygen atoms in total. The maximum Gasteiger partial charge on any atom is 0.404 e. The van der Waals surface area contributed by atoms with E-state index in [9.17, 15) is 19.2 Å². The van der Waals surface area contributed by atoms with Crippen molar-refractivity contribution in [1.82, 2.24) is 9.80 Å². The van der Waals surface area contributed by atoms with Gasteiger partial charge in [0.1, 0.15) is 35.8 Å². The number of ketones is 2. The Kier molecular flexibility index (Phi) is 12.3. The van der Waals surface area contributed by atoms with Gasteiger partial charge in [0, 0.05) is 31.2 Å². The number of Topliss-reactive ketones (excluding diaryl/α,β-unsaturated/α-hetero) is 2. The number of hydrogen-bond donors (Lipinski definition) is 2. The monoisotopic (exact) mass is 828 g/mol. The van der Waals surface area contributed by atoms with E-state index in [1.165, 1.54) is 29.9 Å². The van der Waals surface area contributed by atoms with E-state index in [2.05, 4.69) is 91.0 Å². The number of unbranched alkanes of at least 4 members (excludes halogenated alkanes) is 6. The third-order valence-corrected chi connectivity index (χ3v) is 16.5. The van der Waals surface area contributed by atoms with Crippen LogP contribution in [0.5, 0.6) is 0 Å². The van der Waals surface area contributed by atoms with Gasteiger partial charge in [-0.3, -0.25) is 14.4 Å². The third kappa shape index (κ3) is 7.04. The maximum atomic E-state index is 13.6. The maximum absolute atomic E-state index is 13.6. The number of ether oxygens (including phenoxy) is 2. The highest BCUT2D eigenvalue weighted by Crippen LogP contribution is 2.60. The Labute approximate surface area is 334 Å². The van der Waals surface area contributed by atoms with Crippen LogP contribution in [0.4, 0.5) is 4.79 Å². The van der Waals surface area contributed by atoms with Crippen molar-refractivity contribution in [3.05, 3.63) is 114 Å². The van der Waals surface area contributed by atoms with Gasteiger partial charge in [0.25, 0.3) is 0 Å². The number of carbonyl (C=O) groups excluding carboxylic acids is 4.